The fourth-order valence-electron chi connectivity index (χ4n) is 5.25. The molecule has 42 heavy (non-hydrogen) atoms. The van der Waals surface area contributed by atoms with E-state index in [2.05, 4.69) is 13.0 Å². The van der Waals surface area contributed by atoms with E-state index in [0.717, 1.165) is 57.4 Å². The number of carbonyl (C=O) groups is 1. The minimum atomic E-state index is -0.585. The van der Waals surface area contributed by atoms with E-state index in [9.17, 15) is 9.90 Å². The first-order valence-corrected chi connectivity index (χ1v) is 13.7. The Morgan fingerprint density at radius 2 is 1.86 bits per heavy atom. The van der Waals surface area contributed by atoms with E-state index in [0.29, 0.717) is 23.4 Å². The largest absolute Gasteiger partial charge is 0.507 e. The quantitative estimate of drug-likeness (QED) is 0.229. The maximum atomic E-state index is 12.0. The first-order valence-electron chi connectivity index (χ1n) is 13.7. The number of carbonyl (C=O) groups excluding carboxylic acids is 1. The van der Waals surface area contributed by atoms with Gasteiger partial charge in [0.1, 0.15) is 28.8 Å². The van der Waals surface area contributed by atoms with Gasteiger partial charge in [0.05, 0.1) is 35.1 Å². The maximum Gasteiger partial charge on any atom is 0.248 e. The second-order valence-corrected chi connectivity index (χ2v) is 10.3. The average Bonchev–Trinajstić information content (AvgIpc) is 3.70. The van der Waals surface area contributed by atoms with Crippen molar-refractivity contribution in [1.82, 2.24) is 19.3 Å². The van der Waals surface area contributed by atoms with Crippen LogP contribution in [0.2, 0.25) is 0 Å². The van der Waals surface area contributed by atoms with Crippen molar-refractivity contribution >= 4 is 16.9 Å². The molecule has 0 saturated heterocycles. The number of phenols is 1. The minimum Gasteiger partial charge on any atom is -0.507 e. The van der Waals surface area contributed by atoms with Crippen molar-refractivity contribution in [2.75, 3.05) is 7.11 Å². The van der Waals surface area contributed by atoms with Crippen LogP contribution in [0.4, 0.5) is 0 Å². The summed E-state index contributed by atoms with van der Waals surface area (Å²) in [6.07, 6.45) is 0.775. The number of aromatic nitrogens is 4. The van der Waals surface area contributed by atoms with Crippen LogP contribution >= 0.6 is 0 Å². The molecule has 0 saturated carbocycles. The molecule has 6 rings (SSSR count). The summed E-state index contributed by atoms with van der Waals surface area (Å²) in [7, 11) is 1.65. The van der Waals surface area contributed by atoms with E-state index in [1.807, 2.05) is 71.6 Å². The predicted molar refractivity (Wildman–Crippen MR) is 161 cm³/mol. The summed E-state index contributed by atoms with van der Waals surface area (Å²) >= 11 is 0. The van der Waals surface area contributed by atoms with Crippen LogP contribution in [0, 0.1) is 13.8 Å². The van der Waals surface area contributed by atoms with Crippen LogP contribution in [0.5, 0.6) is 11.5 Å². The van der Waals surface area contributed by atoms with Gasteiger partial charge in [-0.3, -0.25) is 4.79 Å². The number of aromatic hydroxyl groups is 1. The highest BCUT2D eigenvalue weighted by Crippen LogP contribution is 2.35. The van der Waals surface area contributed by atoms with Crippen molar-refractivity contribution in [2.24, 2.45) is 5.73 Å². The molecule has 3 N–H and O–H groups in total. The van der Waals surface area contributed by atoms with E-state index in [1.165, 1.54) is 12.1 Å². The van der Waals surface area contributed by atoms with Crippen LogP contribution in [0.3, 0.4) is 0 Å². The van der Waals surface area contributed by atoms with Gasteiger partial charge in [0.25, 0.3) is 0 Å². The number of hydrogen-bond acceptors (Lipinski definition) is 6. The van der Waals surface area contributed by atoms with Gasteiger partial charge in [0, 0.05) is 12.1 Å². The van der Waals surface area contributed by atoms with Gasteiger partial charge in [0.15, 0.2) is 5.76 Å². The van der Waals surface area contributed by atoms with Crippen molar-refractivity contribution in [3.63, 3.8) is 0 Å². The zero-order chi connectivity index (χ0) is 29.5. The molecule has 1 amide bonds. The van der Waals surface area contributed by atoms with Gasteiger partial charge in [-0.2, -0.15) is 5.10 Å². The second kappa shape index (κ2) is 10.6. The standard InChI is InChI=1S/C33H31N5O4/c1-5-23-16-28(31-12-6-20(3)42-31)38(36-23)24-9-10-27-26(17-24)35-33(25-15-22(32(34)40)8-11-29(25)39)37(27)18-21-7-13-30(41-4)19(2)14-21/h6-17,39H,5,18H2,1-4H3,(H2,34,40). The summed E-state index contributed by atoms with van der Waals surface area (Å²) < 4.78 is 15.3. The van der Waals surface area contributed by atoms with Crippen molar-refractivity contribution in [3.05, 3.63) is 101 Å². The lowest BCUT2D eigenvalue weighted by atomic mass is 10.1. The van der Waals surface area contributed by atoms with Gasteiger partial charge in [0.2, 0.25) is 5.91 Å². The first kappa shape index (κ1) is 26.9. The lowest BCUT2D eigenvalue weighted by Crippen LogP contribution is -2.11. The number of methoxy groups -OCH3 is 1. The number of nitrogens with two attached hydrogens (primary N) is 1. The Balaban J connectivity index is 1.54. The average molecular weight is 562 g/mol. The van der Waals surface area contributed by atoms with Crippen LogP contribution in [0.25, 0.3) is 39.6 Å². The molecule has 0 aliphatic carbocycles. The van der Waals surface area contributed by atoms with Gasteiger partial charge >= 0.3 is 0 Å². The van der Waals surface area contributed by atoms with Crippen LogP contribution in [0.1, 0.15) is 39.9 Å². The normalized spacial score (nSPS) is 11.3. The van der Waals surface area contributed by atoms with Gasteiger partial charge in [-0.1, -0.05) is 19.1 Å². The highest BCUT2D eigenvalue weighted by molar-refractivity contribution is 5.95. The van der Waals surface area contributed by atoms with Gasteiger partial charge in [-0.15, -0.1) is 0 Å². The third kappa shape index (κ3) is 4.79. The zero-order valence-corrected chi connectivity index (χ0v) is 23.9. The lowest BCUT2D eigenvalue weighted by Gasteiger charge is -2.13. The molecule has 0 spiro atoms. The number of rotatable bonds is 8. The SMILES string of the molecule is CCc1cc(-c2ccc(C)o2)n(-c2ccc3c(c2)nc(-c2cc(C(N)=O)ccc2O)n3Cc2ccc(OC)c(C)c2)n1. The fourth-order valence-corrected chi connectivity index (χ4v) is 5.25. The molecule has 0 atom stereocenters. The summed E-state index contributed by atoms with van der Waals surface area (Å²) in [5.74, 6) is 2.28. The topological polar surface area (TPSA) is 121 Å². The number of amides is 1. The van der Waals surface area contributed by atoms with E-state index >= 15 is 0 Å². The Labute approximate surface area is 242 Å². The summed E-state index contributed by atoms with van der Waals surface area (Å²) in [5.41, 5.74) is 12.5. The highest BCUT2D eigenvalue weighted by Gasteiger charge is 2.20. The molecule has 0 aliphatic heterocycles. The molecule has 3 aromatic carbocycles. The molecule has 212 valence electrons. The molecule has 9 nitrogen and oxygen atoms in total. The zero-order valence-electron chi connectivity index (χ0n) is 23.9. The molecule has 3 aromatic heterocycles. The molecule has 0 fully saturated rings. The van der Waals surface area contributed by atoms with E-state index in [-0.39, 0.29) is 11.3 Å². The number of fused-ring (bicyclic) bond motifs is 1. The summed E-state index contributed by atoms with van der Waals surface area (Å²) in [6, 6.07) is 22.4. The van der Waals surface area contributed by atoms with Crippen molar-refractivity contribution < 1.29 is 19.1 Å². The van der Waals surface area contributed by atoms with Crippen LogP contribution in [-0.2, 0) is 13.0 Å². The highest BCUT2D eigenvalue weighted by atomic mass is 16.5. The molecule has 0 bridgehead atoms. The molecule has 0 radical (unpaired) electrons. The van der Waals surface area contributed by atoms with Crippen LogP contribution in [0.15, 0.2) is 77.2 Å². The smallest absolute Gasteiger partial charge is 0.248 e. The Hall–Kier alpha value is -5.31. The van der Waals surface area contributed by atoms with Crippen molar-refractivity contribution in [1.29, 1.82) is 0 Å². The summed E-state index contributed by atoms with van der Waals surface area (Å²) in [4.78, 5) is 17.0. The molecule has 3 heterocycles. The lowest BCUT2D eigenvalue weighted by molar-refractivity contribution is 0.100. The molecule has 0 unspecified atom stereocenters. The monoisotopic (exact) mass is 561 g/mol. The van der Waals surface area contributed by atoms with Gasteiger partial charge < -0.3 is 24.6 Å². The molecule has 6 aromatic rings. The Kier molecular flexibility index (Phi) is 6.78. The van der Waals surface area contributed by atoms with Crippen LogP contribution in [-0.4, -0.2) is 37.5 Å². The third-order valence-electron chi connectivity index (χ3n) is 7.41. The Morgan fingerprint density at radius 1 is 1.02 bits per heavy atom. The summed E-state index contributed by atoms with van der Waals surface area (Å²) in [5, 5.41) is 15.7. The molecule has 9 heteroatoms. The fraction of sp³-hybridized carbons (Fsp3) is 0.182. The first-order chi connectivity index (χ1) is 20.2. The van der Waals surface area contributed by atoms with Gasteiger partial charge in [-0.05, 0) is 92.1 Å². The third-order valence-corrected chi connectivity index (χ3v) is 7.41. The molecule has 0 aliphatic rings. The van der Waals surface area contributed by atoms with Crippen molar-refractivity contribution in [2.45, 2.75) is 33.7 Å². The molecular formula is C33H31N5O4. The Bertz CT molecular complexity index is 1960. The number of nitrogens with zero attached hydrogens (tertiary/aromatic N) is 4. The number of imidazole rings is 1. The number of furan rings is 1. The number of benzene rings is 3. The number of primary amides is 1. The van der Waals surface area contributed by atoms with E-state index in [1.54, 1.807) is 13.2 Å². The maximum absolute atomic E-state index is 12.0. The summed E-state index contributed by atoms with van der Waals surface area (Å²) in [6.45, 7) is 6.44. The number of ether oxygens (including phenoxy) is 1. The number of phenolic OH excluding ortho intramolecular Hbond substituents is 1. The van der Waals surface area contributed by atoms with E-state index in [4.69, 9.17) is 25.0 Å². The Morgan fingerprint density at radius 3 is 2.55 bits per heavy atom. The van der Waals surface area contributed by atoms with Crippen LogP contribution < -0.4 is 10.5 Å². The minimum absolute atomic E-state index is 0.00201. The predicted octanol–water partition coefficient (Wildman–Crippen LogP) is 6.19. The van der Waals surface area contributed by atoms with Crippen molar-refractivity contribution in [3.8, 4) is 40.0 Å². The van der Waals surface area contributed by atoms with Gasteiger partial charge in [-0.25, -0.2) is 9.67 Å². The number of hydrogen-bond donors (Lipinski definition) is 2. The number of aryl methyl sites for hydroxylation is 3. The molecular weight excluding hydrogens is 530 g/mol. The van der Waals surface area contributed by atoms with E-state index < -0.39 is 5.91 Å². The second-order valence-electron chi connectivity index (χ2n) is 10.3.